The molecule has 36 heavy (non-hydrogen) atoms. The minimum atomic E-state index is -0.588. The fourth-order valence-electron chi connectivity index (χ4n) is 8.37. The Hall–Kier alpha value is -2.93. The van der Waals surface area contributed by atoms with Crippen molar-refractivity contribution in [1.82, 2.24) is 0 Å². The maximum atomic E-state index is 10.7. The quantitative estimate of drug-likeness (QED) is 0.261. The molecule has 6 rings (SSSR count). The number of likely N-dealkylation sites (tertiary alicyclic amines) is 1. The van der Waals surface area contributed by atoms with Gasteiger partial charge in [-0.2, -0.15) is 5.26 Å². The molecule has 0 N–H and O–H groups in total. The van der Waals surface area contributed by atoms with Gasteiger partial charge in [-0.05, 0) is 41.9 Å². The van der Waals surface area contributed by atoms with Gasteiger partial charge >= 0.3 is 0 Å². The number of rotatable bonds is 9. The molecule has 184 valence electrons. The summed E-state index contributed by atoms with van der Waals surface area (Å²) >= 11 is 0. The lowest BCUT2D eigenvalue weighted by atomic mass is 9.51. The molecule has 0 radical (unpaired) electrons. The van der Waals surface area contributed by atoms with Gasteiger partial charge in [0.1, 0.15) is 24.0 Å². The van der Waals surface area contributed by atoms with E-state index in [4.69, 9.17) is 4.74 Å². The predicted octanol–water partition coefficient (Wildman–Crippen LogP) is 6.49. The summed E-state index contributed by atoms with van der Waals surface area (Å²) in [6, 6.07) is 35.8. The molecular formula is C33H37N2O+. The third kappa shape index (κ3) is 3.62. The number of nitrogens with zero attached hydrogens (tertiary/aromatic N) is 2. The van der Waals surface area contributed by atoms with Crippen molar-refractivity contribution in [2.24, 2.45) is 11.3 Å². The van der Waals surface area contributed by atoms with Crippen LogP contribution in [0.15, 0.2) is 91.0 Å². The number of likely N-dealkylation sites (N-methyl/N-ethyl adjacent to an activating group) is 1. The first-order chi connectivity index (χ1) is 17.6. The molecule has 3 unspecified atom stereocenters. The van der Waals surface area contributed by atoms with E-state index in [1.807, 2.05) is 12.1 Å². The zero-order chi connectivity index (χ0) is 24.6. The largest absolute Gasteiger partial charge is 0.371 e. The molecule has 3 aromatic rings. The predicted molar refractivity (Wildman–Crippen MR) is 143 cm³/mol. The second kappa shape index (κ2) is 9.18. The second-order valence-corrected chi connectivity index (χ2v) is 11.7. The molecule has 0 bridgehead atoms. The highest BCUT2D eigenvalue weighted by Gasteiger charge is 2.77. The van der Waals surface area contributed by atoms with Gasteiger partial charge in [-0.3, -0.25) is 0 Å². The zero-order valence-corrected chi connectivity index (χ0v) is 21.4. The number of benzene rings is 3. The van der Waals surface area contributed by atoms with Crippen molar-refractivity contribution in [3.05, 3.63) is 108 Å². The smallest absolute Gasteiger partial charge is 0.107 e. The average molecular weight is 478 g/mol. The van der Waals surface area contributed by atoms with Gasteiger partial charge in [-0.15, -0.1) is 0 Å². The summed E-state index contributed by atoms with van der Waals surface area (Å²) in [5.41, 5.74) is 3.43. The first kappa shape index (κ1) is 23.5. The van der Waals surface area contributed by atoms with E-state index in [9.17, 15) is 5.26 Å². The van der Waals surface area contributed by atoms with E-state index in [0.717, 1.165) is 36.7 Å². The number of nitriles is 1. The van der Waals surface area contributed by atoms with Crippen molar-refractivity contribution in [2.75, 3.05) is 20.2 Å². The average Bonchev–Trinajstić information content (AvgIpc) is 3.31. The molecule has 2 aliphatic carbocycles. The highest BCUT2D eigenvalue weighted by molar-refractivity contribution is 5.46. The molecule has 3 nitrogen and oxygen atoms in total. The van der Waals surface area contributed by atoms with E-state index in [0.29, 0.717) is 24.0 Å². The highest BCUT2D eigenvalue weighted by atomic mass is 16.5. The Morgan fingerprint density at radius 3 is 2.08 bits per heavy atom. The lowest BCUT2D eigenvalue weighted by molar-refractivity contribution is -1.03. The van der Waals surface area contributed by atoms with Crippen molar-refractivity contribution < 1.29 is 9.22 Å². The molecule has 3 fully saturated rings. The fourth-order valence-corrected chi connectivity index (χ4v) is 8.37. The first-order valence-corrected chi connectivity index (χ1v) is 13.6. The zero-order valence-electron chi connectivity index (χ0n) is 21.4. The molecule has 0 amide bonds. The molecular weight excluding hydrogens is 440 g/mol. The summed E-state index contributed by atoms with van der Waals surface area (Å²) in [6.45, 7) is 2.61. The van der Waals surface area contributed by atoms with Crippen LogP contribution < -0.4 is 0 Å². The Labute approximate surface area is 215 Å². The van der Waals surface area contributed by atoms with Crippen molar-refractivity contribution >= 4 is 0 Å². The van der Waals surface area contributed by atoms with Crippen LogP contribution in [0, 0.1) is 22.7 Å². The van der Waals surface area contributed by atoms with Gasteiger partial charge < -0.3 is 9.22 Å². The SMILES string of the molecule is C[N+]1(CCOCc2ccccc2)[C@H]2CCC23CC(CC(C#N)(c2ccccc2)c2ccccc2)C[C@@H]31. The highest BCUT2D eigenvalue weighted by Crippen LogP contribution is 2.70. The minimum Gasteiger partial charge on any atom is -0.371 e. The molecule has 3 heteroatoms. The van der Waals surface area contributed by atoms with Gasteiger partial charge in [0.2, 0.25) is 0 Å². The van der Waals surface area contributed by atoms with Crippen LogP contribution in [0.1, 0.15) is 48.8 Å². The van der Waals surface area contributed by atoms with Crippen LogP contribution in [0.2, 0.25) is 0 Å². The monoisotopic (exact) mass is 477 g/mol. The molecule has 1 saturated heterocycles. The molecule has 2 saturated carbocycles. The standard InChI is InChI=1S/C33H37N2O/c1-35(19-20-36-24-26-11-5-2-6-12-26)30-17-18-32(30)22-27(21-31(32)35)23-33(25-34,28-13-7-3-8-14-28)29-15-9-4-10-16-29/h2-16,27,30-31H,17-24H2,1H3/q+1/t27?,30-,31-,32?,35?/m0/s1. The number of hydrogen-bond donors (Lipinski definition) is 0. The third-order valence-corrected chi connectivity index (χ3v) is 10.0. The number of ether oxygens (including phenoxy) is 1. The van der Waals surface area contributed by atoms with E-state index in [1.165, 1.54) is 35.7 Å². The summed E-state index contributed by atoms with van der Waals surface area (Å²) in [4.78, 5) is 0. The Bertz CT molecular complexity index is 1180. The van der Waals surface area contributed by atoms with E-state index >= 15 is 0 Å². The van der Waals surface area contributed by atoms with E-state index < -0.39 is 5.41 Å². The van der Waals surface area contributed by atoms with Crippen LogP contribution in [0.4, 0.5) is 0 Å². The van der Waals surface area contributed by atoms with Gasteiger partial charge in [0.05, 0.1) is 31.7 Å². The Kier molecular flexibility index (Phi) is 5.98. The Morgan fingerprint density at radius 1 is 0.917 bits per heavy atom. The molecule has 1 aliphatic heterocycles. The van der Waals surface area contributed by atoms with Crippen LogP contribution in [0.3, 0.4) is 0 Å². The lowest BCUT2D eigenvalue weighted by Crippen LogP contribution is -2.83. The normalized spacial score (nSPS) is 30.4. The maximum Gasteiger partial charge on any atom is 0.107 e. The molecule has 3 aliphatic rings. The summed E-state index contributed by atoms with van der Waals surface area (Å²) < 4.78 is 7.30. The van der Waals surface area contributed by atoms with Crippen LogP contribution >= 0.6 is 0 Å². The topological polar surface area (TPSA) is 33.0 Å². The van der Waals surface area contributed by atoms with Gasteiger partial charge in [0.15, 0.2) is 0 Å². The summed E-state index contributed by atoms with van der Waals surface area (Å²) in [7, 11) is 2.48. The van der Waals surface area contributed by atoms with Crippen LogP contribution in [0.5, 0.6) is 0 Å². The molecule has 1 spiro atoms. The van der Waals surface area contributed by atoms with Crippen molar-refractivity contribution in [3.63, 3.8) is 0 Å². The van der Waals surface area contributed by atoms with Crippen LogP contribution in [0.25, 0.3) is 0 Å². The maximum absolute atomic E-state index is 10.7. The second-order valence-electron chi connectivity index (χ2n) is 11.7. The van der Waals surface area contributed by atoms with Gasteiger partial charge in [0.25, 0.3) is 0 Å². The van der Waals surface area contributed by atoms with E-state index in [2.05, 4.69) is 92.0 Å². The lowest BCUT2D eigenvalue weighted by Gasteiger charge is -2.71. The summed E-state index contributed by atoms with van der Waals surface area (Å²) in [5, 5.41) is 10.7. The van der Waals surface area contributed by atoms with Crippen molar-refractivity contribution in [1.29, 1.82) is 5.26 Å². The van der Waals surface area contributed by atoms with Crippen molar-refractivity contribution in [2.45, 2.75) is 56.2 Å². The molecule has 0 aromatic heterocycles. The van der Waals surface area contributed by atoms with Gasteiger partial charge in [-0.1, -0.05) is 91.0 Å². The van der Waals surface area contributed by atoms with Crippen LogP contribution in [-0.4, -0.2) is 36.8 Å². The minimum absolute atomic E-state index is 0.507. The van der Waals surface area contributed by atoms with E-state index in [1.54, 1.807) is 0 Å². The molecule has 3 aromatic carbocycles. The number of hydrogen-bond acceptors (Lipinski definition) is 2. The number of quaternary nitrogens is 1. The first-order valence-electron chi connectivity index (χ1n) is 13.6. The fraction of sp³-hybridized carbons (Fsp3) is 0.424. The van der Waals surface area contributed by atoms with Crippen LogP contribution in [-0.2, 0) is 16.8 Å². The van der Waals surface area contributed by atoms with Crippen molar-refractivity contribution in [3.8, 4) is 6.07 Å². The van der Waals surface area contributed by atoms with Gasteiger partial charge in [0, 0.05) is 12.8 Å². The Morgan fingerprint density at radius 2 is 1.53 bits per heavy atom. The Balaban J connectivity index is 1.18. The molecule has 1 heterocycles. The summed E-state index contributed by atoms with van der Waals surface area (Å²) in [6.07, 6.45) is 6.14. The third-order valence-electron chi connectivity index (χ3n) is 10.0. The number of piperidine rings is 1. The van der Waals surface area contributed by atoms with E-state index in [-0.39, 0.29) is 0 Å². The molecule has 5 atom stereocenters. The van der Waals surface area contributed by atoms with Gasteiger partial charge in [-0.25, -0.2) is 0 Å². The summed E-state index contributed by atoms with van der Waals surface area (Å²) in [5.74, 6) is 0.572.